The smallest absolute Gasteiger partial charge is 0.265 e. The highest BCUT2D eigenvalue weighted by Crippen LogP contribution is 2.23. The molecule has 2 aromatic rings. The summed E-state index contributed by atoms with van der Waals surface area (Å²) in [6.45, 7) is 0. The monoisotopic (exact) mass is 266 g/mol. The molecular weight excluding hydrogens is 256 g/mol. The number of rotatable bonds is 4. The molecule has 1 amide bonds. The summed E-state index contributed by atoms with van der Waals surface area (Å²) in [5.74, 6) is 5.55. The summed E-state index contributed by atoms with van der Waals surface area (Å²) in [5, 5.41) is 0. The third kappa shape index (κ3) is 3.26. The lowest BCUT2D eigenvalue weighted by Crippen LogP contribution is -2.29. The van der Waals surface area contributed by atoms with Gasteiger partial charge in [0.25, 0.3) is 5.91 Å². The van der Waals surface area contributed by atoms with Gasteiger partial charge in [-0.2, -0.15) is 4.37 Å². The van der Waals surface area contributed by atoms with Gasteiger partial charge in [0.15, 0.2) is 4.34 Å². The zero-order valence-electron chi connectivity index (χ0n) is 8.79. The van der Waals surface area contributed by atoms with E-state index in [2.05, 4.69) is 14.8 Å². The molecule has 17 heavy (non-hydrogen) atoms. The van der Waals surface area contributed by atoms with Crippen molar-refractivity contribution < 1.29 is 4.79 Å². The SMILES string of the molecule is NNC(=O)c1cccc(CSc2ncns2)c1. The van der Waals surface area contributed by atoms with E-state index in [0.717, 1.165) is 15.7 Å². The van der Waals surface area contributed by atoms with Crippen molar-refractivity contribution in [3.05, 3.63) is 41.7 Å². The van der Waals surface area contributed by atoms with Gasteiger partial charge in [-0.1, -0.05) is 23.9 Å². The van der Waals surface area contributed by atoms with Crippen LogP contribution < -0.4 is 11.3 Å². The first-order valence-corrected chi connectivity index (χ1v) is 6.55. The van der Waals surface area contributed by atoms with E-state index in [4.69, 9.17) is 5.84 Å². The van der Waals surface area contributed by atoms with Gasteiger partial charge in [-0.15, -0.1) is 0 Å². The average molecular weight is 266 g/mol. The standard InChI is InChI=1S/C10H10N4OS2/c11-14-9(15)8-3-1-2-7(4-8)5-16-10-12-6-13-17-10/h1-4,6H,5,11H2,(H,14,15). The lowest BCUT2D eigenvalue weighted by Gasteiger charge is -2.02. The fraction of sp³-hybridized carbons (Fsp3) is 0.100. The quantitative estimate of drug-likeness (QED) is 0.379. The van der Waals surface area contributed by atoms with Crippen LogP contribution in [0.2, 0.25) is 0 Å². The van der Waals surface area contributed by atoms with Gasteiger partial charge in [-0.25, -0.2) is 10.8 Å². The summed E-state index contributed by atoms with van der Waals surface area (Å²) in [5.41, 5.74) is 3.72. The second-order valence-electron chi connectivity index (χ2n) is 3.17. The fourth-order valence-corrected chi connectivity index (χ4v) is 2.64. The van der Waals surface area contributed by atoms with Crippen molar-refractivity contribution in [3.8, 4) is 0 Å². The van der Waals surface area contributed by atoms with Crippen LogP contribution >= 0.6 is 23.3 Å². The number of hydrazine groups is 1. The van der Waals surface area contributed by atoms with Gasteiger partial charge >= 0.3 is 0 Å². The number of hydrogen-bond acceptors (Lipinski definition) is 6. The van der Waals surface area contributed by atoms with Crippen LogP contribution in [0.1, 0.15) is 15.9 Å². The minimum absolute atomic E-state index is 0.284. The van der Waals surface area contributed by atoms with Crippen LogP contribution in [0, 0.1) is 0 Å². The second-order valence-corrected chi connectivity index (χ2v) is 5.17. The molecular formula is C10H10N4OS2. The number of aromatic nitrogens is 2. The number of amides is 1. The van der Waals surface area contributed by atoms with E-state index in [1.807, 2.05) is 18.2 Å². The van der Waals surface area contributed by atoms with Gasteiger partial charge in [-0.05, 0) is 29.2 Å². The zero-order chi connectivity index (χ0) is 12.1. The number of nitrogens with two attached hydrogens (primary N) is 1. The number of nitrogens with zero attached hydrogens (tertiary/aromatic N) is 2. The lowest BCUT2D eigenvalue weighted by molar-refractivity contribution is 0.0953. The van der Waals surface area contributed by atoms with Gasteiger partial charge < -0.3 is 0 Å². The Hall–Kier alpha value is -1.44. The molecule has 5 nitrogen and oxygen atoms in total. The normalized spacial score (nSPS) is 10.2. The maximum absolute atomic E-state index is 11.3. The molecule has 0 spiro atoms. The van der Waals surface area contributed by atoms with E-state index < -0.39 is 0 Å². The first kappa shape index (κ1) is 12.0. The highest BCUT2D eigenvalue weighted by molar-refractivity contribution is 8.00. The van der Waals surface area contributed by atoms with Gasteiger partial charge in [0.2, 0.25) is 0 Å². The highest BCUT2D eigenvalue weighted by Gasteiger charge is 2.05. The van der Waals surface area contributed by atoms with Gasteiger partial charge in [0, 0.05) is 11.3 Å². The van der Waals surface area contributed by atoms with E-state index in [-0.39, 0.29) is 5.91 Å². The van der Waals surface area contributed by atoms with Crippen LogP contribution in [0.3, 0.4) is 0 Å². The number of carbonyl (C=O) groups excluding carboxylic acids is 1. The third-order valence-corrected chi connectivity index (χ3v) is 3.89. The first-order valence-electron chi connectivity index (χ1n) is 4.79. The maximum atomic E-state index is 11.3. The van der Waals surface area contributed by atoms with Crippen molar-refractivity contribution in [2.75, 3.05) is 0 Å². The minimum atomic E-state index is -0.284. The minimum Gasteiger partial charge on any atom is -0.290 e. The lowest BCUT2D eigenvalue weighted by atomic mass is 10.1. The fourth-order valence-electron chi connectivity index (χ4n) is 1.26. The number of nitrogens with one attached hydrogen (secondary N) is 1. The maximum Gasteiger partial charge on any atom is 0.265 e. The largest absolute Gasteiger partial charge is 0.290 e. The number of benzene rings is 1. The van der Waals surface area contributed by atoms with Crippen LogP contribution in [-0.2, 0) is 5.75 Å². The van der Waals surface area contributed by atoms with Gasteiger partial charge in [0.1, 0.15) is 6.33 Å². The van der Waals surface area contributed by atoms with Crippen molar-refractivity contribution in [2.24, 2.45) is 5.84 Å². The predicted octanol–water partition coefficient (Wildman–Crippen LogP) is 1.43. The molecule has 1 heterocycles. The number of carbonyl (C=O) groups is 1. The van der Waals surface area contributed by atoms with E-state index in [1.165, 1.54) is 17.9 Å². The van der Waals surface area contributed by atoms with E-state index in [0.29, 0.717) is 5.56 Å². The molecule has 0 aliphatic rings. The average Bonchev–Trinajstić information content (AvgIpc) is 2.89. The molecule has 88 valence electrons. The van der Waals surface area contributed by atoms with E-state index in [9.17, 15) is 4.79 Å². The molecule has 7 heteroatoms. The second kappa shape index (κ2) is 5.76. The van der Waals surface area contributed by atoms with Crippen molar-refractivity contribution in [1.29, 1.82) is 0 Å². The molecule has 2 rings (SSSR count). The molecule has 0 unspecified atom stereocenters. The summed E-state index contributed by atoms with van der Waals surface area (Å²) in [4.78, 5) is 15.4. The molecule has 3 N–H and O–H groups in total. The molecule has 0 saturated heterocycles. The highest BCUT2D eigenvalue weighted by atomic mass is 32.2. The predicted molar refractivity (Wildman–Crippen MR) is 67.6 cm³/mol. The van der Waals surface area contributed by atoms with Crippen LogP contribution in [0.25, 0.3) is 0 Å². The summed E-state index contributed by atoms with van der Waals surface area (Å²) in [7, 11) is 0. The van der Waals surface area contributed by atoms with Gasteiger partial charge in [-0.3, -0.25) is 10.2 Å². The van der Waals surface area contributed by atoms with Crippen LogP contribution in [0.4, 0.5) is 0 Å². The Morgan fingerprint density at radius 1 is 1.53 bits per heavy atom. The Morgan fingerprint density at radius 2 is 2.41 bits per heavy atom. The van der Waals surface area contributed by atoms with Crippen LogP contribution in [0.5, 0.6) is 0 Å². The summed E-state index contributed by atoms with van der Waals surface area (Å²) in [6, 6.07) is 7.33. The van der Waals surface area contributed by atoms with Gasteiger partial charge in [0.05, 0.1) is 0 Å². The molecule has 0 saturated carbocycles. The van der Waals surface area contributed by atoms with E-state index in [1.54, 1.807) is 17.8 Å². The Morgan fingerprint density at radius 3 is 3.12 bits per heavy atom. The van der Waals surface area contributed by atoms with E-state index >= 15 is 0 Å². The molecule has 0 fully saturated rings. The Kier molecular flexibility index (Phi) is 4.08. The number of nitrogen functional groups attached to an aromatic ring is 1. The Bertz CT molecular complexity index is 501. The molecule has 0 atom stereocenters. The summed E-state index contributed by atoms with van der Waals surface area (Å²) >= 11 is 2.95. The van der Waals surface area contributed by atoms with Crippen molar-refractivity contribution in [2.45, 2.75) is 10.1 Å². The molecule has 1 aromatic heterocycles. The number of hydrogen-bond donors (Lipinski definition) is 2. The van der Waals surface area contributed by atoms with Crippen LogP contribution in [0.15, 0.2) is 34.9 Å². The molecule has 0 aliphatic carbocycles. The summed E-state index contributed by atoms with van der Waals surface area (Å²) < 4.78 is 4.84. The summed E-state index contributed by atoms with van der Waals surface area (Å²) in [6.07, 6.45) is 1.53. The van der Waals surface area contributed by atoms with Crippen molar-refractivity contribution >= 4 is 29.2 Å². The molecule has 0 bridgehead atoms. The molecule has 0 aliphatic heterocycles. The molecule has 1 aromatic carbocycles. The van der Waals surface area contributed by atoms with Crippen LogP contribution in [-0.4, -0.2) is 15.3 Å². The topological polar surface area (TPSA) is 80.9 Å². The Balaban J connectivity index is 2.03. The Labute approximate surface area is 107 Å². The van der Waals surface area contributed by atoms with Crippen molar-refractivity contribution in [3.63, 3.8) is 0 Å². The molecule has 0 radical (unpaired) electrons. The third-order valence-electron chi connectivity index (χ3n) is 2.02. The zero-order valence-corrected chi connectivity index (χ0v) is 10.4. The first-order chi connectivity index (χ1) is 8.29. The number of thioether (sulfide) groups is 1. The van der Waals surface area contributed by atoms with Crippen molar-refractivity contribution in [1.82, 2.24) is 14.8 Å².